The summed E-state index contributed by atoms with van der Waals surface area (Å²) in [5, 5.41) is 17.0. The number of aliphatic hydroxyl groups is 1. The van der Waals surface area contributed by atoms with Crippen LogP contribution in [0.15, 0.2) is 23.0 Å². The summed E-state index contributed by atoms with van der Waals surface area (Å²) in [7, 11) is 2.88. The molecule has 6 rings (SSSR count). The second-order valence-corrected chi connectivity index (χ2v) is 14.6. The number of nitrogens with zero attached hydrogens (tertiary/aromatic N) is 3. The van der Waals surface area contributed by atoms with Gasteiger partial charge in [-0.2, -0.15) is 0 Å². The fourth-order valence-electron chi connectivity index (χ4n) is 6.19. The van der Waals surface area contributed by atoms with Gasteiger partial charge >= 0.3 is 12.1 Å². The Morgan fingerprint density at radius 2 is 1.94 bits per heavy atom. The highest BCUT2D eigenvalue weighted by molar-refractivity contribution is 8.76. The molecule has 1 saturated heterocycles. The van der Waals surface area contributed by atoms with E-state index >= 15 is 0 Å². The first-order valence-corrected chi connectivity index (χ1v) is 18.6. The Labute approximate surface area is 299 Å². The molecule has 5 heterocycles. The predicted molar refractivity (Wildman–Crippen MR) is 186 cm³/mol. The number of carbonyl (C=O) groups excluding carboxylic acids is 5. The van der Waals surface area contributed by atoms with Gasteiger partial charge in [-0.3, -0.25) is 24.1 Å². The summed E-state index contributed by atoms with van der Waals surface area (Å²) in [5.74, 6) is -1.89. The van der Waals surface area contributed by atoms with Crippen LogP contribution in [-0.4, -0.2) is 80.5 Å². The van der Waals surface area contributed by atoms with Gasteiger partial charge in [0.05, 0.1) is 34.7 Å². The van der Waals surface area contributed by atoms with Crippen molar-refractivity contribution in [1.29, 1.82) is 0 Å². The fourth-order valence-corrected chi connectivity index (χ4v) is 7.92. The Hall–Kier alpha value is -4.68. The summed E-state index contributed by atoms with van der Waals surface area (Å²) in [6.45, 7) is 1.67. The average molecular weight is 745 g/mol. The molecule has 0 radical (unpaired) electrons. The van der Waals surface area contributed by atoms with Gasteiger partial charge in [0, 0.05) is 74.3 Å². The third-order valence-corrected chi connectivity index (χ3v) is 11.3. The molecule has 270 valence electrons. The molecule has 51 heavy (non-hydrogen) atoms. The van der Waals surface area contributed by atoms with Crippen molar-refractivity contribution in [2.75, 3.05) is 36.9 Å². The van der Waals surface area contributed by atoms with Gasteiger partial charge < -0.3 is 35.5 Å². The number of amides is 4. The second kappa shape index (κ2) is 14.9. The van der Waals surface area contributed by atoms with Crippen LogP contribution < -0.4 is 21.9 Å². The number of ether oxygens (including phenoxy) is 2. The van der Waals surface area contributed by atoms with Gasteiger partial charge in [-0.25, -0.2) is 19.0 Å². The molecule has 18 heteroatoms. The number of nitrogens with one attached hydrogen (secondary N) is 2. The predicted octanol–water partition coefficient (Wildman–Crippen LogP) is 2.06. The Morgan fingerprint density at radius 3 is 2.69 bits per heavy atom. The number of aromatic nitrogens is 2. The molecule has 1 fully saturated rings. The number of fused-ring (bicyclic) bond motifs is 5. The van der Waals surface area contributed by atoms with Crippen molar-refractivity contribution in [2.24, 2.45) is 0 Å². The topological polar surface area (TPSA) is 212 Å². The molecule has 4 amide bonds. The first kappa shape index (κ1) is 34.8. The Morgan fingerprint density at radius 1 is 1.16 bits per heavy atom. The van der Waals surface area contributed by atoms with Crippen molar-refractivity contribution in [3.05, 3.63) is 56.6 Å². The van der Waals surface area contributed by atoms with Crippen molar-refractivity contribution in [2.45, 2.75) is 57.9 Å². The smallest absolute Gasteiger partial charge is 0.407 e. The molecule has 0 bridgehead atoms. The van der Waals surface area contributed by atoms with E-state index in [1.54, 1.807) is 13.0 Å². The standard InChI is InChI=1S/C33H35FN6O9S2/c1-2-33(47)21-12-25-29-19(15-40(25)30(44)20(21)16-49-31(33)45)18(17-11-23(35)22(34)13-24(17)38-29)14-37-32(46)48-8-10-51-50-9-6-36-26(41)5-7-39-27(42)3-4-28(39)43/h11-13,47H,2-10,14-16,35H2,1H3,(H,36,41)(H,37,46)/t33-/m0/s1/i3T/t3?,33-. The summed E-state index contributed by atoms with van der Waals surface area (Å²) in [4.78, 5) is 80.0. The number of benzene rings is 1. The molecule has 3 aromatic rings. The number of imide groups is 1. The van der Waals surface area contributed by atoms with E-state index in [-0.39, 0.29) is 80.3 Å². The van der Waals surface area contributed by atoms with E-state index in [4.69, 9.17) is 16.6 Å². The SMILES string of the molecule is [3H]C1CC(=O)N(CCC(=O)NCCSSCCOC(=O)NCc2c3c(nc4cc(F)c(N)cc24)-c2cc4c(c(=O)n2C3)COC(=O)[C@]4(O)CC)C1=O. The van der Waals surface area contributed by atoms with Crippen molar-refractivity contribution in [1.82, 2.24) is 25.1 Å². The maximum absolute atomic E-state index is 14.6. The zero-order valence-electron chi connectivity index (χ0n) is 28.4. The minimum absolute atomic E-state index is 0.0271. The van der Waals surface area contributed by atoms with Gasteiger partial charge in [-0.1, -0.05) is 28.5 Å². The highest BCUT2D eigenvalue weighted by Crippen LogP contribution is 2.40. The molecule has 3 aliphatic rings. The van der Waals surface area contributed by atoms with Crippen molar-refractivity contribution in [3.63, 3.8) is 0 Å². The third-order valence-electron chi connectivity index (χ3n) is 8.91. The quantitative estimate of drug-likeness (QED) is 0.0508. The molecule has 1 unspecified atom stereocenters. The number of hydrogen-bond donors (Lipinski definition) is 4. The highest BCUT2D eigenvalue weighted by Gasteiger charge is 2.45. The number of nitrogens with two attached hydrogens (primary N) is 1. The van der Waals surface area contributed by atoms with E-state index in [9.17, 15) is 38.3 Å². The first-order chi connectivity index (χ1) is 24.8. The number of alkyl carbamates (subject to hydrolysis) is 1. The number of carbonyl (C=O) groups is 5. The minimum Gasteiger partial charge on any atom is -0.458 e. The largest absolute Gasteiger partial charge is 0.458 e. The van der Waals surface area contributed by atoms with E-state index < -0.39 is 47.3 Å². The number of nitrogen functional groups attached to an aromatic ring is 1. The maximum atomic E-state index is 14.6. The third kappa shape index (κ3) is 7.12. The van der Waals surface area contributed by atoms with E-state index in [0.29, 0.717) is 46.0 Å². The zero-order valence-corrected chi connectivity index (χ0v) is 29.0. The molecule has 2 aromatic heterocycles. The Bertz CT molecular complexity index is 2070. The van der Waals surface area contributed by atoms with Crippen LogP contribution in [0.25, 0.3) is 22.3 Å². The molecule has 2 atom stereocenters. The van der Waals surface area contributed by atoms with Crippen LogP contribution in [0.4, 0.5) is 14.9 Å². The summed E-state index contributed by atoms with van der Waals surface area (Å²) in [6, 6.07) is 4.13. The van der Waals surface area contributed by atoms with Crippen LogP contribution in [-0.2, 0) is 53.9 Å². The summed E-state index contributed by atoms with van der Waals surface area (Å²) in [6.07, 6.45) is -2.04. The number of halogens is 1. The maximum Gasteiger partial charge on any atom is 0.407 e. The molecule has 1 aromatic carbocycles. The van der Waals surface area contributed by atoms with E-state index in [1.165, 1.54) is 38.3 Å². The Kier molecular flexibility index (Phi) is 10.1. The lowest BCUT2D eigenvalue weighted by atomic mass is 9.86. The summed E-state index contributed by atoms with van der Waals surface area (Å²) < 4.78 is 34.0. The van der Waals surface area contributed by atoms with Gasteiger partial charge in [0.25, 0.3) is 5.56 Å². The molecule has 0 aliphatic carbocycles. The zero-order chi connectivity index (χ0) is 37.3. The van der Waals surface area contributed by atoms with Gasteiger partial charge in [-0.15, -0.1) is 0 Å². The number of cyclic esters (lactones) is 1. The number of rotatable bonds is 13. The normalized spacial score (nSPS) is 19.4. The Balaban J connectivity index is 1.03. The van der Waals surface area contributed by atoms with E-state index in [2.05, 4.69) is 15.6 Å². The number of pyridine rings is 2. The van der Waals surface area contributed by atoms with Crippen molar-refractivity contribution >= 4 is 68.0 Å². The second-order valence-electron chi connectivity index (χ2n) is 11.9. The van der Waals surface area contributed by atoms with Crippen molar-refractivity contribution < 1.29 is 44.3 Å². The molecular formula is C33H35FN6O9S2. The minimum atomic E-state index is -2.02. The number of likely N-dealkylation sites (tertiary alicyclic amines) is 1. The molecule has 3 aliphatic heterocycles. The van der Waals surface area contributed by atoms with Crippen LogP contribution in [0.1, 0.15) is 56.2 Å². The molecule has 0 saturated carbocycles. The van der Waals surface area contributed by atoms with Gasteiger partial charge in [-0.05, 0) is 24.1 Å². The van der Waals surface area contributed by atoms with Crippen LogP contribution >= 0.6 is 21.6 Å². The van der Waals surface area contributed by atoms with Crippen LogP contribution in [0.2, 0.25) is 0 Å². The first-order valence-electron chi connectivity index (χ1n) is 16.7. The van der Waals surface area contributed by atoms with Gasteiger partial charge in [0.2, 0.25) is 17.7 Å². The molecular weight excluding hydrogens is 708 g/mol. The molecule has 0 spiro atoms. The van der Waals surface area contributed by atoms with Gasteiger partial charge in [0.1, 0.15) is 19.0 Å². The van der Waals surface area contributed by atoms with E-state index in [1.807, 2.05) is 0 Å². The van der Waals surface area contributed by atoms with Crippen LogP contribution in [0.3, 0.4) is 0 Å². The lowest BCUT2D eigenvalue weighted by Crippen LogP contribution is -2.44. The lowest BCUT2D eigenvalue weighted by Gasteiger charge is -2.31. The number of hydrogen-bond acceptors (Lipinski definition) is 13. The lowest BCUT2D eigenvalue weighted by molar-refractivity contribution is -0.172. The van der Waals surface area contributed by atoms with Crippen molar-refractivity contribution in [3.8, 4) is 11.4 Å². The highest BCUT2D eigenvalue weighted by atomic mass is 33.1. The molecule has 15 nitrogen and oxygen atoms in total. The van der Waals surface area contributed by atoms with Gasteiger partial charge in [0.15, 0.2) is 5.60 Å². The van der Waals surface area contributed by atoms with Crippen LogP contribution in [0, 0.1) is 5.82 Å². The summed E-state index contributed by atoms with van der Waals surface area (Å²) >= 11 is 0. The summed E-state index contributed by atoms with van der Waals surface area (Å²) in [5.41, 5.74) is 5.58. The molecule has 5 N–H and O–H groups in total. The average Bonchev–Trinajstić information content (AvgIpc) is 3.60. The monoisotopic (exact) mass is 744 g/mol. The van der Waals surface area contributed by atoms with Crippen LogP contribution in [0.5, 0.6) is 0 Å². The fraction of sp³-hybridized carbons (Fsp3) is 0.424. The van der Waals surface area contributed by atoms with E-state index in [0.717, 1.165) is 4.90 Å². The number of anilines is 1. The number of esters is 1.